The van der Waals surface area contributed by atoms with Crippen molar-refractivity contribution in [1.82, 2.24) is 9.88 Å². The Labute approximate surface area is 76.2 Å². The Morgan fingerprint density at radius 1 is 1.54 bits per heavy atom. The molecule has 1 aromatic rings. The number of hydrogen-bond acceptors (Lipinski definition) is 2. The Balaban J connectivity index is 2.69. The number of rotatable bonds is 3. The summed E-state index contributed by atoms with van der Waals surface area (Å²) in [4.78, 5) is 22.2. The lowest BCUT2D eigenvalue weighted by Crippen LogP contribution is -2.31. The van der Waals surface area contributed by atoms with E-state index in [0.717, 1.165) is 0 Å². The van der Waals surface area contributed by atoms with Crippen LogP contribution in [0.3, 0.4) is 0 Å². The van der Waals surface area contributed by atoms with E-state index in [1.54, 1.807) is 18.3 Å². The highest BCUT2D eigenvalue weighted by Gasteiger charge is 2.00. The number of amides is 1. The van der Waals surface area contributed by atoms with E-state index in [0.29, 0.717) is 6.54 Å². The van der Waals surface area contributed by atoms with Gasteiger partial charge in [-0.2, -0.15) is 0 Å². The van der Waals surface area contributed by atoms with Crippen molar-refractivity contribution >= 4 is 5.91 Å². The first-order chi connectivity index (χ1) is 6.24. The first-order valence-corrected chi connectivity index (χ1v) is 4.16. The smallest absolute Gasteiger partial charge is 0.250 e. The second-order valence-corrected chi connectivity index (χ2v) is 2.62. The molecule has 0 aliphatic rings. The normalized spacial score (nSPS) is 9.62. The fraction of sp³-hybridized carbons (Fsp3) is 0.333. The van der Waals surface area contributed by atoms with Crippen LogP contribution in [-0.4, -0.2) is 17.0 Å². The number of aromatic nitrogens is 1. The molecule has 0 saturated heterocycles. The highest BCUT2D eigenvalue weighted by atomic mass is 16.2. The van der Waals surface area contributed by atoms with E-state index >= 15 is 0 Å². The first-order valence-electron chi connectivity index (χ1n) is 4.16. The number of carbonyl (C=O) groups excluding carboxylic acids is 1. The molecule has 0 fully saturated rings. The standard InChI is InChI=1S/C9H12N2O2/c1-2-10-8(12)7-11-6-4-3-5-9(11)13/h3-6H,2,7H2,1H3,(H,10,12). The van der Waals surface area contributed by atoms with Gasteiger partial charge in [0.25, 0.3) is 5.56 Å². The SMILES string of the molecule is CCNC(=O)Cn1ccccc1=O. The highest BCUT2D eigenvalue weighted by molar-refractivity contribution is 5.75. The van der Waals surface area contributed by atoms with Gasteiger partial charge in [-0.15, -0.1) is 0 Å². The summed E-state index contributed by atoms with van der Waals surface area (Å²) in [5, 5.41) is 2.62. The molecule has 0 unspecified atom stereocenters. The Morgan fingerprint density at radius 2 is 2.31 bits per heavy atom. The average molecular weight is 180 g/mol. The van der Waals surface area contributed by atoms with Crippen molar-refractivity contribution in [3.63, 3.8) is 0 Å². The highest BCUT2D eigenvalue weighted by Crippen LogP contribution is 1.81. The minimum absolute atomic E-state index is 0.0908. The summed E-state index contributed by atoms with van der Waals surface area (Å²) in [6.45, 7) is 2.51. The minimum atomic E-state index is -0.159. The van der Waals surface area contributed by atoms with Crippen molar-refractivity contribution in [2.24, 2.45) is 0 Å². The van der Waals surface area contributed by atoms with E-state index in [1.165, 1.54) is 10.6 Å². The summed E-state index contributed by atoms with van der Waals surface area (Å²) in [5.41, 5.74) is -0.159. The molecule has 1 N–H and O–H groups in total. The molecular formula is C9H12N2O2. The summed E-state index contributed by atoms with van der Waals surface area (Å²) in [6.07, 6.45) is 1.59. The van der Waals surface area contributed by atoms with Gasteiger partial charge in [0.05, 0.1) is 0 Å². The fourth-order valence-corrected chi connectivity index (χ4v) is 0.999. The predicted molar refractivity (Wildman–Crippen MR) is 49.4 cm³/mol. The van der Waals surface area contributed by atoms with Crippen LogP contribution < -0.4 is 10.9 Å². The van der Waals surface area contributed by atoms with E-state index in [4.69, 9.17) is 0 Å². The van der Waals surface area contributed by atoms with Crippen LogP contribution in [0.25, 0.3) is 0 Å². The summed E-state index contributed by atoms with van der Waals surface area (Å²) in [7, 11) is 0. The maximum absolute atomic E-state index is 11.1. The molecule has 1 rings (SSSR count). The molecule has 0 spiro atoms. The lowest BCUT2D eigenvalue weighted by Gasteiger charge is -2.04. The molecule has 0 atom stereocenters. The number of nitrogens with zero attached hydrogens (tertiary/aromatic N) is 1. The van der Waals surface area contributed by atoms with Gasteiger partial charge in [0.15, 0.2) is 0 Å². The van der Waals surface area contributed by atoms with Crippen molar-refractivity contribution in [3.8, 4) is 0 Å². The molecule has 0 saturated carbocycles. The summed E-state index contributed by atoms with van der Waals surface area (Å²) in [5.74, 6) is -0.143. The Kier molecular flexibility index (Phi) is 3.25. The van der Waals surface area contributed by atoms with Gasteiger partial charge in [-0.05, 0) is 13.0 Å². The van der Waals surface area contributed by atoms with Gasteiger partial charge in [-0.3, -0.25) is 9.59 Å². The first kappa shape index (κ1) is 9.51. The Bertz CT molecular complexity index is 343. The minimum Gasteiger partial charge on any atom is -0.355 e. The molecule has 13 heavy (non-hydrogen) atoms. The van der Waals surface area contributed by atoms with Crippen molar-refractivity contribution in [1.29, 1.82) is 0 Å². The van der Waals surface area contributed by atoms with Gasteiger partial charge in [-0.1, -0.05) is 6.07 Å². The van der Waals surface area contributed by atoms with Crippen LogP contribution in [0.15, 0.2) is 29.2 Å². The van der Waals surface area contributed by atoms with Crippen LogP contribution in [0.4, 0.5) is 0 Å². The van der Waals surface area contributed by atoms with Crippen LogP contribution in [-0.2, 0) is 11.3 Å². The molecule has 0 radical (unpaired) electrons. The summed E-state index contributed by atoms with van der Waals surface area (Å²) >= 11 is 0. The van der Waals surface area contributed by atoms with Crippen molar-refractivity contribution in [2.45, 2.75) is 13.5 Å². The van der Waals surface area contributed by atoms with Crippen molar-refractivity contribution in [2.75, 3.05) is 6.54 Å². The molecule has 1 aromatic heterocycles. The maximum atomic E-state index is 11.1. The largest absolute Gasteiger partial charge is 0.355 e. The topological polar surface area (TPSA) is 51.1 Å². The third-order valence-electron chi connectivity index (χ3n) is 1.59. The third kappa shape index (κ3) is 2.74. The van der Waals surface area contributed by atoms with E-state index < -0.39 is 0 Å². The molecule has 4 nitrogen and oxygen atoms in total. The number of likely N-dealkylation sites (N-methyl/N-ethyl adjacent to an activating group) is 1. The van der Waals surface area contributed by atoms with Crippen molar-refractivity contribution < 1.29 is 4.79 Å². The number of hydrogen-bond donors (Lipinski definition) is 1. The van der Waals surface area contributed by atoms with Gasteiger partial charge >= 0.3 is 0 Å². The van der Waals surface area contributed by atoms with Gasteiger partial charge in [0.1, 0.15) is 6.54 Å². The van der Waals surface area contributed by atoms with Gasteiger partial charge in [0.2, 0.25) is 5.91 Å². The van der Waals surface area contributed by atoms with E-state index in [2.05, 4.69) is 5.32 Å². The Hall–Kier alpha value is -1.58. The maximum Gasteiger partial charge on any atom is 0.250 e. The predicted octanol–water partition coefficient (Wildman–Crippen LogP) is -0.0156. The lowest BCUT2D eigenvalue weighted by atomic mass is 10.4. The number of nitrogens with one attached hydrogen (secondary N) is 1. The van der Waals surface area contributed by atoms with E-state index in [9.17, 15) is 9.59 Å². The number of carbonyl (C=O) groups is 1. The van der Waals surface area contributed by atoms with Gasteiger partial charge < -0.3 is 9.88 Å². The second kappa shape index (κ2) is 4.45. The average Bonchev–Trinajstić information content (AvgIpc) is 2.09. The van der Waals surface area contributed by atoms with Gasteiger partial charge in [0, 0.05) is 18.8 Å². The van der Waals surface area contributed by atoms with E-state index in [-0.39, 0.29) is 18.0 Å². The molecular weight excluding hydrogens is 168 g/mol. The summed E-state index contributed by atoms with van der Waals surface area (Å²) in [6, 6.07) is 4.80. The van der Waals surface area contributed by atoms with E-state index in [1.807, 2.05) is 6.92 Å². The van der Waals surface area contributed by atoms with Crippen LogP contribution >= 0.6 is 0 Å². The van der Waals surface area contributed by atoms with Crippen LogP contribution in [0, 0.1) is 0 Å². The molecule has 1 heterocycles. The molecule has 0 aliphatic carbocycles. The zero-order valence-corrected chi connectivity index (χ0v) is 7.49. The zero-order chi connectivity index (χ0) is 9.68. The monoisotopic (exact) mass is 180 g/mol. The lowest BCUT2D eigenvalue weighted by molar-refractivity contribution is -0.121. The number of pyridine rings is 1. The molecule has 70 valence electrons. The van der Waals surface area contributed by atoms with Crippen LogP contribution in [0.2, 0.25) is 0 Å². The molecule has 0 aromatic carbocycles. The molecule has 4 heteroatoms. The van der Waals surface area contributed by atoms with Crippen LogP contribution in [0.5, 0.6) is 0 Å². The third-order valence-corrected chi connectivity index (χ3v) is 1.59. The molecule has 0 bridgehead atoms. The quantitative estimate of drug-likeness (QED) is 0.711. The molecule has 1 amide bonds. The zero-order valence-electron chi connectivity index (χ0n) is 7.49. The second-order valence-electron chi connectivity index (χ2n) is 2.62. The molecule has 0 aliphatic heterocycles. The van der Waals surface area contributed by atoms with Crippen molar-refractivity contribution in [3.05, 3.63) is 34.7 Å². The summed E-state index contributed by atoms with van der Waals surface area (Å²) < 4.78 is 1.37. The van der Waals surface area contributed by atoms with Crippen LogP contribution in [0.1, 0.15) is 6.92 Å². The Morgan fingerprint density at radius 3 is 2.92 bits per heavy atom. The fourth-order valence-electron chi connectivity index (χ4n) is 0.999. The van der Waals surface area contributed by atoms with Gasteiger partial charge in [-0.25, -0.2) is 0 Å².